The summed E-state index contributed by atoms with van der Waals surface area (Å²) in [6, 6.07) is 9.76. The number of hydrogen-bond donors (Lipinski definition) is 1. The number of aliphatic hydroxyl groups excluding tert-OH is 1. The van der Waals surface area contributed by atoms with Crippen molar-refractivity contribution in [2.45, 2.75) is 19.9 Å². The number of carbonyl (C=O) groups is 2. The Morgan fingerprint density at radius 2 is 1.84 bits per heavy atom. The van der Waals surface area contributed by atoms with E-state index in [0.717, 1.165) is 11.3 Å². The molecule has 3 aromatic heterocycles. The van der Waals surface area contributed by atoms with Crippen LogP contribution in [0.2, 0.25) is 0 Å². The van der Waals surface area contributed by atoms with E-state index in [0.29, 0.717) is 27.6 Å². The lowest BCUT2D eigenvalue weighted by Crippen LogP contribution is -2.29. The molecule has 1 unspecified atom stereocenters. The van der Waals surface area contributed by atoms with Gasteiger partial charge in [-0.25, -0.2) is 9.37 Å². The Bertz CT molecular complexity index is 1420. The number of amides is 1. The molecular weight excluding hydrogens is 433 g/mol. The van der Waals surface area contributed by atoms with E-state index in [2.05, 4.69) is 15.2 Å². The highest BCUT2D eigenvalue weighted by molar-refractivity contribution is 7.15. The number of benzene rings is 1. The maximum atomic E-state index is 13.6. The third kappa shape index (κ3) is 2.99. The lowest BCUT2D eigenvalue weighted by Gasteiger charge is -2.22. The molecule has 160 valence electrons. The summed E-state index contributed by atoms with van der Waals surface area (Å²) in [4.78, 5) is 31.9. The molecular formula is C22H16FN5O3S. The van der Waals surface area contributed by atoms with Crippen molar-refractivity contribution in [1.29, 1.82) is 0 Å². The highest BCUT2D eigenvalue weighted by atomic mass is 32.1. The molecule has 8 nitrogen and oxygen atoms in total. The second-order valence-electron chi connectivity index (χ2n) is 7.30. The smallest absolute Gasteiger partial charge is 0.301 e. The Balaban J connectivity index is 1.78. The van der Waals surface area contributed by atoms with Gasteiger partial charge in [0.25, 0.3) is 5.78 Å². The number of aromatic nitrogens is 4. The van der Waals surface area contributed by atoms with E-state index in [4.69, 9.17) is 0 Å². The fraction of sp³-hybridized carbons (Fsp3) is 0.136. The van der Waals surface area contributed by atoms with Crippen LogP contribution in [0.4, 0.5) is 9.52 Å². The Morgan fingerprint density at radius 1 is 1.09 bits per heavy atom. The molecule has 1 aromatic carbocycles. The number of ketones is 1. The summed E-state index contributed by atoms with van der Waals surface area (Å²) < 4.78 is 15.3. The van der Waals surface area contributed by atoms with Crippen LogP contribution in [0.5, 0.6) is 0 Å². The molecule has 1 saturated heterocycles. The molecule has 1 amide bonds. The first-order valence-electron chi connectivity index (χ1n) is 9.67. The minimum atomic E-state index is -1.00. The van der Waals surface area contributed by atoms with E-state index in [1.165, 1.54) is 29.2 Å². The predicted octanol–water partition coefficient (Wildman–Crippen LogP) is 3.57. The van der Waals surface area contributed by atoms with Crippen LogP contribution in [0.15, 0.2) is 54.2 Å². The summed E-state index contributed by atoms with van der Waals surface area (Å²) in [6.45, 7) is 3.44. The van der Waals surface area contributed by atoms with Crippen molar-refractivity contribution in [1.82, 2.24) is 19.6 Å². The van der Waals surface area contributed by atoms with Gasteiger partial charge in [-0.05, 0) is 43.7 Å². The maximum Gasteiger partial charge on any atom is 0.301 e. The maximum absolute atomic E-state index is 13.6. The van der Waals surface area contributed by atoms with Crippen LogP contribution in [0.1, 0.15) is 28.0 Å². The van der Waals surface area contributed by atoms with Gasteiger partial charge in [0, 0.05) is 6.20 Å². The predicted molar refractivity (Wildman–Crippen MR) is 116 cm³/mol. The van der Waals surface area contributed by atoms with Gasteiger partial charge in [0.1, 0.15) is 22.2 Å². The van der Waals surface area contributed by atoms with Crippen molar-refractivity contribution in [3.63, 3.8) is 0 Å². The number of aliphatic hydroxyl groups is 1. The second kappa shape index (κ2) is 7.34. The molecule has 5 rings (SSSR count). The molecule has 0 aliphatic carbocycles. The number of hydrogen-bond acceptors (Lipinski definition) is 7. The van der Waals surface area contributed by atoms with Crippen LogP contribution < -0.4 is 4.90 Å². The van der Waals surface area contributed by atoms with E-state index in [9.17, 15) is 19.1 Å². The molecule has 0 bridgehead atoms. The molecule has 1 atom stereocenters. The van der Waals surface area contributed by atoms with Crippen LogP contribution in [0.25, 0.3) is 11.4 Å². The number of nitrogens with zero attached hydrogens (tertiary/aromatic N) is 5. The van der Waals surface area contributed by atoms with Gasteiger partial charge in [-0.3, -0.25) is 18.9 Å². The third-order valence-corrected chi connectivity index (χ3v) is 6.12. The van der Waals surface area contributed by atoms with Gasteiger partial charge in [-0.15, -0.1) is 10.2 Å². The molecule has 10 heteroatoms. The number of Topliss-reactive ketones (excluding diaryl/α,β-unsaturated/α-hetero) is 1. The molecule has 0 radical (unpaired) electrons. The zero-order valence-electron chi connectivity index (χ0n) is 17.0. The number of carbonyl (C=O) groups excluding carboxylic acids is 2. The van der Waals surface area contributed by atoms with Crippen molar-refractivity contribution >= 4 is 39.6 Å². The average molecular weight is 449 g/mol. The highest BCUT2D eigenvalue weighted by Crippen LogP contribution is 2.43. The fourth-order valence-corrected chi connectivity index (χ4v) is 4.61. The summed E-state index contributed by atoms with van der Waals surface area (Å²) >= 11 is 1.14. The van der Waals surface area contributed by atoms with Gasteiger partial charge in [0.05, 0.1) is 17.3 Å². The van der Waals surface area contributed by atoms with Crippen LogP contribution >= 0.6 is 11.3 Å². The lowest BCUT2D eigenvalue weighted by atomic mass is 9.96. The molecule has 0 spiro atoms. The molecule has 4 heterocycles. The van der Waals surface area contributed by atoms with Crippen molar-refractivity contribution in [2.24, 2.45) is 0 Å². The summed E-state index contributed by atoms with van der Waals surface area (Å²) in [5, 5.41) is 20.1. The van der Waals surface area contributed by atoms with Crippen LogP contribution in [-0.4, -0.2) is 36.4 Å². The second-order valence-corrected chi connectivity index (χ2v) is 8.46. The van der Waals surface area contributed by atoms with Crippen molar-refractivity contribution in [3.05, 3.63) is 82.0 Å². The molecule has 32 heavy (non-hydrogen) atoms. The van der Waals surface area contributed by atoms with Crippen molar-refractivity contribution in [3.8, 4) is 0 Å². The molecule has 1 aliphatic heterocycles. The molecule has 1 fully saturated rings. The largest absolute Gasteiger partial charge is 0.505 e. The van der Waals surface area contributed by atoms with Gasteiger partial charge in [-0.1, -0.05) is 29.5 Å². The number of rotatable bonds is 3. The Hall–Kier alpha value is -3.92. The SMILES string of the molecule is Cc1nnc(N2C(=O)C(=O)/C(=C(/O)c3c(C)nc4ccccn34)C2c2ccc(F)cc2)s1. The summed E-state index contributed by atoms with van der Waals surface area (Å²) in [7, 11) is 0. The lowest BCUT2D eigenvalue weighted by molar-refractivity contribution is -0.132. The minimum Gasteiger partial charge on any atom is -0.505 e. The van der Waals surface area contributed by atoms with Crippen LogP contribution in [0.3, 0.4) is 0 Å². The standard InChI is InChI=1S/C22H16FN5O3S/c1-11-17(27-10-4-3-5-15(27)24-11)19(29)16-18(13-6-8-14(23)9-7-13)28(21(31)20(16)30)22-26-25-12(2)32-22/h3-10,18,29H,1-2H3/b19-16+. The summed E-state index contributed by atoms with van der Waals surface area (Å²) in [5.41, 5.74) is 1.71. The van der Waals surface area contributed by atoms with Gasteiger partial charge < -0.3 is 5.11 Å². The first-order valence-corrected chi connectivity index (χ1v) is 10.5. The number of pyridine rings is 1. The van der Waals surface area contributed by atoms with Gasteiger partial charge in [0.15, 0.2) is 5.76 Å². The zero-order chi connectivity index (χ0) is 22.6. The van der Waals surface area contributed by atoms with Crippen LogP contribution in [-0.2, 0) is 9.59 Å². The topological polar surface area (TPSA) is 101 Å². The van der Waals surface area contributed by atoms with Gasteiger partial charge >= 0.3 is 5.91 Å². The highest BCUT2D eigenvalue weighted by Gasteiger charge is 2.48. The van der Waals surface area contributed by atoms with E-state index in [-0.39, 0.29) is 16.5 Å². The fourth-order valence-electron chi connectivity index (χ4n) is 3.90. The first-order chi connectivity index (χ1) is 15.4. The minimum absolute atomic E-state index is 0.122. The molecule has 1 aliphatic rings. The van der Waals surface area contributed by atoms with Gasteiger partial charge in [-0.2, -0.15) is 0 Å². The van der Waals surface area contributed by atoms with Crippen molar-refractivity contribution in [2.75, 3.05) is 4.90 Å². The average Bonchev–Trinajstić information content (AvgIpc) is 3.42. The number of halogens is 1. The quantitative estimate of drug-likeness (QED) is 0.292. The van der Waals surface area contributed by atoms with E-state index in [1.807, 2.05) is 0 Å². The number of imidazole rings is 1. The molecule has 1 N–H and O–H groups in total. The van der Waals surface area contributed by atoms with Crippen molar-refractivity contribution < 1.29 is 19.1 Å². The Morgan fingerprint density at radius 3 is 2.53 bits per heavy atom. The van der Waals surface area contributed by atoms with E-state index >= 15 is 0 Å². The third-order valence-electron chi connectivity index (χ3n) is 5.28. The van der Waals surface area contributed by atoms with Gasteiger partial charge in [0.2, 0.25) is 5.13 Å². The molecule has 0 saturated carbocycles. The Labute approximate surface area is 185 Å². The number of anilines is 1. The molecule has 4 aromatic rings. The normalized spacial score (nSPS) is 18.1. The summed E-state index contributed by atoms with van der Waals surface area (Å²) in [5.74, 6) is -2.54. The number of fused-ring (bicyclic) bond motifs is 1. The zero-order valence-corrected chi connectivity index (χ0v) is 17.8. The van der Waals surface area contributed by atoms with E-state index < -0.39 is 23.5 Å². The summed E-state index contributed by atoms with van der Waals surface area (Å²) in [6.07, 6.45) is 1.71. The number of aryl methyl sites for hydroxylation is 2. The van der Waals surface area contributed by atoms with Crippen LogP contribution in [0, 0.1) is 19.7 Å². The Kier molecular flexibility index (Phi) is 4.59. The first kappa shape index (κ1) is 20.0. The van der Waals surface area contributed by atoms with E-state index in [1.54, 1.807) is 42.6 Å². The monoisotopic (exact) mass is 449 g/mol.